The number of amides is 5. The van der Waals surface area contributed by atoms with E-state index in [1.165, 1.54) is 17.1 Å². The first-order chi connectivity index (χ1) is 26.7. The Morgan fingerprint density at radius 2 is 1.40 bits per heavy atom. The van der Waals surface area contributed by atoms with E-state index in [4.69, 9.17) is 0 Å². The lowest BCUT2D eigenvalue weighted by atomic mass is 9.98. The third-order valence-electron chi connectivity index (χ3n) is 10.5. The van der Waals surface area contributed by atoms with Gasteiger partial charge < -0.3 is 20.4 Å². The van der Waals surface area contributed by atoms with Gasteiger partial charge >= 0.3 is 6.03 Å². The molecule has 5 amide bonds. The normalized spacial score (nSPS) is 17.1. The molecular weight excluding hydrogens is 696 g/mol. The van der Waals surface area contributed by atoms with Crippen molar-refractivity contribution in [2.75, 3.05) is 25.5 Å². The van der Waals surface area contributed by atoms with Crippen LogP contribution >= 0.6 is 0 Å². The van der Waals surface area contributed by atoms with Crippen LogP contribution < -0.4 is 10.6 Å². The predicted molar refractivity (Wildman–Crippen MR) is 209 cm³/mol. The fourth-order valence-corrected chi connectivity index (χ4v) is 7.67. The lowest BCUT2D eigenvalue weighted by molar-refractivity contribution is -0.157. The van der Waals surface area contributed by atoms with Crippen molar-refractivity contribution in [3.8, 4) is 0 Å². The van der Waals surface area contributed by atoms with Crippen LogP contribution in [0.1, 0.15) is 27.0 Å². The van der Waals surface area contributed by atoms with Crippen molar-refractivity contribution in [2.24, 2.45) is 0 Å². The Kier molecular flexibility index (Phi) is 9.69. The fraction of sp³-hybridized carbons (Fsp3) is 0.182. The Bertz CT molecular complexity index is 2410. The molecule has 2 aliphatic rings. The van der Waals surface area contributed by atoms with E-state index in [9.17, 15) is 23.6 Å². The van der Waals surface area contributed by atoms with Gasteiger partial charge in [-0.25, -0.2) is 9.18 Å². The van der Waals surface area contributed by atoms with Gasteiger partial charge in [0.05, 0.1) is 13.1 Å². The number of halogens is 1. The maximum Gasteiger partial charge on any atom is 0.332 e. The number of fused-ring (bicyclic) bond motifs is 3. The number of rotatable bonds is 9. The number of hydrazine groups is 1. The summed E-state index contributed by atoms with van der Waals surface area (Å²) >= 11 is 0. The van der Waals surface area contributed by atoms with Crippen LogP contribution in [0, 0.1) is 5.82 Å². The summed E-state index contributed by atoms with van der Waals surface area (Å²) in [5.74, 6) is -1.04. The molecule has 0 aliphatic carbocycles. The van der Waals surface area contributed by atoms with E-state index >= 15 is 0 Å². The Balaban J connectivity index is 1.04. The molecule has 8 rings (SSSR count). The second-order valence-corrected chi connectivity index (χ2v) is 13.9. The van der Waals surface area contributed by atoms with Crippen molar-refractivity contribution in [1.29, 1.82) is 0 Å². The minimum absolute atomic E-state index is 0.0871. The molecule has 276 valence electrons. The fourth-order valence-electron chi connectivity index (χ4n) is 7.67. The number of piperazine rings is 1. The zero-order valence-corrected chi connectivity index (χ0v) is 30.2. The van der Waals surface area contributed by atoms with E-state index in [-0.39, 0.29) is 49.6 Å². The van der Waals surface area contributed by atoms with Crippen LogP contribution in [0.4, 0.5) is 14.9 Å². The molecule has 2 fully saturated rings. The zero-order chi connectivity index (χ0) is 38.1. The summed E-state index contributed by atoms with van der Waals surface area (Å²) in [6.45, 7) is 0.601. The summed E-state index contributed by atoms with van der Waals surface area (Å²) in [5.41, 5.74) is 3.68. The van der Waals surface area contributed by atoms with Crippen molar-refractivity contribution in [2.45, 2.75) is 31.7 Å². The smallest absolute Gasteiger partial charge is 0.332 e. The van der Waals surface area contributed by atoms with E-state index in [2.05, 4.69) is 10.6 Å². The minimum atomic E-state index is -0.835. The van der Waals surface area contributed by atoms with Crippen LogP contribution in [-0.4, -0.2) is 75.9 Å². The van der Waals surface area contributed by atoms with Crippen LogP contribution in [0.3, 0.4) is 0 Å². The lowest BCUT2D eigenvalue weighted by Gasteiger charge is -2.46. The second kappa shape index (κ2) is 15.0. The minimum Gasteiger partial charge on any atom is -0.333 e. The molecular formula is C44H39FN6O4. The third kappa shape index (κ3) is 7.21. The highest BCUT2D eigenvalue weighted by Gasteiger charge is 2.51. The highest BCUT2D eigenvalue weighted by atomic mass is 19.1. The largest absolute Gasteiger partial charge is 0.333 e. The molecule has 6 aromatic carbocycles. The first-order valence-corrected chi connectivity index (χ1v) is 18.2. The maximum atomic E-state index is 14.5. The number of carbonyl (C=O) groups is 4. The molecule has 0 unspecified atom stereocenters. The zero-order valence-electron chi connectivity index (χ0n) is 30.2. The topological polar surface area (TPSA) is 105 Å². The molecule has 0 spiro atoms. The number of urea groups is 1. The predicted octanol–water partition coefficient (Wildman–Crippen LogP) is 6.56. The Labute approximate surface area is 317 Å². The molecule has 6 aromatic rings. The summed E-state index contributed by atoms with van der Waals surface area (Å²) in [4.78, 5) is 58.4. The number of nitrogens with zero attached hydrogens (tertiary/aromatic N) is 4. The molecule has 2 atom stereocenters. The summed E-state index contributed by atoms with van der Waals surface area (Å²) in [7, 11) is 1.60. The molecule has 0 radical (unpaired) electrons. The molecule has 0 bridgehead atoms. The quantitative estimate of drug-likeness (QED) is 0.175. The highest BCUT2D eigenvalue weighted by Crippen LogP contribution is 2.31. The second-order valence-electron chi connectivity index (χ2n) is 13.9. The average Bonchev–Trinajstić information content (AvgIpc) is 3.54. The molecule has 2 heterocycles. The Morgan fingerprint density at radius 3 is 2.15 bits per heavy atom. The van der Waals surface area contributed by atoms with E-state index in [0.717, 1.165) is 38.2 Å². The van der Waals surface area contributed by atoms with E-state index < -0.39 is 18.2 Å². The van der Waals surface area contributed by atoms with Crippen molar-refractivity contribution in [3.05, 3.63) is 162 Å². The van der Waals surface area contributed by atoms with Gasteiger partial charge in [-0.05, 0) is 68.6 Å². The number of carbonyl (C=O) groups excluding carboxylic acids is 4. The number of hydrogen-bond donors (Lipinski definition) is 2. The summed E-state index contributed by atoms with van der Waals surface area (Å²) in [6, 6.07) is 39.3. The molecule has 11 heteroatoms. The van der Waals surface area contributed by atoms with Crippen LogP contribution in [-0.2, 0) is 29.1 Å². The van der Waals surface area contributed by atoms with Crippen LogP contribution in [0.5, 0.6) is 0 Å². The Morgan fingerprint density at radius 1 is 0.764 bits per heavy atom. The number of anilines is 1. The first-order valence-electron chi connectivity index (χ1n) is 18.2. The van der Waals surface area contributed by atoms with E-state index in [1.54, 1.807) is 52.2 Å². The van der Waals surface area contributed by atoms with Gasteiger partial charge in [0.1, 0.15) is 18.0 Å². The van der Waals surface area contributed by atoms with Gasteiger partial charge in [0.15, 0.2) is 0 Å². The number of hydrogen-bond acceptors (Lipinski definition) is 5. The molecule has 0 aromatic heterocycles. The van der Waals surface area contributed by atoms with Gasteiger partial charge in [0.2, 0.25) is 11.8 Å². The summed E-state index contributed by atoms with van der Waals surface area (Å²) < 4.78 is 13.4. The van der Waals surface area contributed by atoms with Crippen molar-refractivity contribution < 1.29 is 23.6 Å². The monoisotopic (exact) mass is 734 g/mol. The molecule has 0 saturated carbocycles. The SMILES string of the molecule is CN(C(=O)NCc1ccc(F)cc1)N1CC(=O)N2[C@@H](Cc3ccc(NC(=O)c4cccc5ccccc45)cc3)C(=O)N(Cc3cccc4ccccc34)C[C@@H]21. The highest BCUT2D eigenvalue weighted by molar-refractivity contribution is 6.13. The van der Waals surface area contributed by atoms with Gasteiger partial charge in [-0.1, -0.05) is 103 Å². The lowest BCUT2D eigenvalue weighted by Crippen LogP contribution is -2.65. The molecule has 2 saturated heterocycles. The van der Waals surface area contributed by atoms with Gasteiger partial charge in [0, 0.05) is 37.8 Å². The van der Waals surface area contributed by atoms with Crippen molar-refractivity contribution in [1.82, 2.24) is 25.1 Å². The van der Waals surface area contributed by atoms with Crippen molar-refractivity contribution in [3.63, 3.8) is 0 Å². The molecule has 2 aliphatic heterocycles. The van der Waals surface area contributed by atoms with E-state index in [0.29, 0.717) is 17.8 Å². The number of benzene rings is 6. The van der Waals surface area contributed by atoms with Crippen LogP contribution in [0.25, 0.3) is 21.5 Å². The van der Waals surface area contributed by atoms with Crippen molar-refractivity contribution >= 4 is 51.0 Å². The molecule has 2 N–H and O–H groups in total. The summed E-state index contributed by atoms with van der Waals surface area (Å²) in [6.07, 6.45) is -0.370. The Hall–Kier alpha value is -6.59. The average molecular weight is 735 g/mol. The number of nitrogens with one attached hydrogen (secondary N) is 2. The van der Waals surface area contributed by atoms with Crippen LogP contribution in [0.2, 0.25) is 0 Å². The maximum absolute atomic E-state index is 14.5. The summed E-state index contributed by atoms with van der Waals surface area (Å²) in [5, 5.41) is 12.9. The third-order valence-corrected chi connectivity index (χ3v) is 10.5. The van der Waals surface area contributed by atoms with E-state index in [1.807, 2.05) is 91.0 Å². The molecule has 10 nitrogen and oxygen atoms in total. The standard InChI is InChI=1S/C44H39FN6O4/c1-48(44(55)46-25-30-16-20-34(45)21-17-30)50-28-41(52)51-39(43(54)49(27-40(50)51)26-33-12-6-10-31-8-2-4-13-36(31)33)24-29-18-22-35(23-19-29)47-42(53)38-15-7-11-32-9-3-5-14-37(32)38/h2-23,39-40H,24-28H2,1H3,(H,46,55)(H,47,53)/t39-,40+/m0/s1. The van der Waals surface area contributed by atoms with Gasteiger partial charge in [-0.3, -0.25) is 19.4 Å². The van der Waals surface area contributed by atoms with Gasteiger partial charge in [0.25, 0.3) is 5.91 Å². The molecule has 55 heavy (non-hydrogen) atoms. The van der Waals surface area contributed by atoms with Gasteiger partial charge in [-0.2, -0.15) is 5.01 Å². The van der Waals surface area contributed by atoms with Crippen LogP contribution in [0.15, 0.2) is 133 Å². The first kappa shape index (κ1) is 35.4. The van der Waals surface area contributed by atoms with Gasteiger partial charge in [-0.15, -0.1) is 0 Å².